The van der Waals surface area contributed by atoms with E-state index < -0.39 is 0 Å². The van der Waals surface area contributed by atoms with E-state index in [0.717, 1.165) is 31.8 Å². The Morgan fingerprint density at radius 3 is 2.58 bits per heavy atom. The Bertz CT molecular complexity index is 370. The highest BCUT2D eigenvalue weighted by Crippen LogP contribution is 2.66. The number of rotatable bonds is 2. The van der Waals surface area contributed by atoms with Gasteiger partial charge in [0.05, 0.1) is 12.5 Å². The van der Waals surface area contributed by atoms with Crippen LogP contribution < -0.4 is 0 Å². The molecule has 0 spiro atoms. The summed E-state index contributed by atoms with van der Waals surface area (Å²) in [5.74, 6) is 0.673. The first kappa shape index (κ1) is 13.4. The summed E-state index contributed by atoms with van der Waals surface area (Å²) >= 11 is 0. The summed E-state index contributed by atoms with van der Waals surface area (Å²) in [5, 5.41) is 0. The van der Waals surface area contributed by atoms with E-state index in [0.29, 0.717) is 12.0 Å². The normalized spacial score (nSPS) is 44.3. The number of ether oxygens (including phenoxy) is 2. The quantitative estimate of drug-likeness (QED) is 0.720. The first-order valence-electron chi connectivity index (χ1n) is 7.73. The Labute approximate surface area is 116 Å². The lowest BCUT2D eigenvalue weighted by atomic mass is 9.70. The predicted octanol–water partition coefficient (Wildman–Crippen LogP) is 3.17. The van der Waals surface area contributed by atoms with Crippen molar-refractivity contribution >= 4 is 5.97 Å². The van der Waals surface area contributed by atoms with Crippen molar-refractivity contribution in [2.45, 2.75) is 59.0 Å². The smallest absolute Gasteiger partial charge is 0.311 e. The summed E-state index contributed by atoms with van der Waals surface area (Å²) in [6, 6.07) is 0. The first-order valence-corrected chi connectivity index (χ1v) is 7.73. The maximum Gasteiger partial charge on any atom is 0.311 e. The van der Waals surface area contributed by atoms with E-state index in [1.54, 1.807) is 0 Å². The van der Waals surface area contributed by atoms with E-state index in [-0.39, 0.29) is 23.4 Å². The number of carbonyl (C=O) groups excluding carboxylic acids is 1. The summed E-state index contributed by atoms with van der Waals surface area (Å²) in [6.07, 6.45) is 5.58. The van der Waals surface area contributed by atoms with E-state index >= 15 is 0 Å². The average molecular weight is 266 g/mol. The molecule has 3 rings (SSSR count). The molecular weight excluding hydrogens is 240 g/mol. The standard InChI is InChI=1S/C16H26O3/c1-15(2)12-6-7-16(15,3)13(9-12)19-14(17)11-5-4-8-18-10-11/h11-13H,4-10H2,1-3H3. The van der Waals surface area contributed by atoms with Gasteiger partial charge in [0.1, 0.15) is 6.10 Å². The molecule has 108 valence electrons. The highest BCUT2D eigenvalue weighted by Gasteiger charge is 2.63. The molecule has 0 radical (unpaired) electrons. The summed E-state index contributed by atoms with van der Waals surface area (Å²) in [7, 11) is 0. The van der Waals surface area contributed by atoms with Crippen LogP contribution in [0.1, 0.15) is 52.9 Å². The Kier molecular flexibility index (Phi) is 3.16. The molecule has 1 aliphatic heterocycles. The zero-order chi connectivity index (χ0) is 13.7. The maximum absolute atomic E-state index is 12.3. The van der Waals surface area contributed by atoms with E-state index in [9.17, 15) is 4.79 Å². The fourth-order valence-corrected chi connectivity index (χ4v) is 4.47. The summed E-state index contributed by atoms with van der Waals surface area (Å²) in [6.45, 7) is 8.36. The summed E-state index contributed by atoms with van der Waals surface area (Å²) in [5.41, 5.74) is 0.476. The van der Waals surface area contributed by atoms with Gasteiger partial charge in [-0.2, -0.15) is 0 Å². The molecule has 0 N–H and O–H groups in total. The van der Waals surface area contributed by atoms with Gasteiger partial charge in [-0.1, -0.05) is 20.8 Å². The van der Waals surface area contributed by atoms with Gasteiger partial charge in [0.2, 0.25) is 0 Å². The largest absolute Gasteiger partial charge is 0.461 e. The Balaban J connectivity index is 1.66. The third-order valence-corrected chi connectivity index (χ3v) is 6.47. The lowest BCUT2D eigenvalue weighted by Gasteiger charge is -2.39. The molecule has 3 aliphatic rings. The highest BCUT2D eigenvalue weighted by atomic mass is 16.5. The van der Waals surface area contributed by atoms with Gasteiger partial charge in [-0.25, -0.2) is 0 Å². The van der Waals surface area contributed by atoms with Crippen LogP contribution in [0.2, 0.25) is 0 Å². The molecule has 1 heterocycles. The molecule has 3 nitrogen and oxygen atoms in total. The Morgan fingerprint density at radius 1 is 1.26 bits per heavy atom. The van der Waals surface area contributed by atoms with E-state index in [4.69, 9.17) is 9.47 Å². The van der Waals surface area contributed by atoms with Gasteiger partial charge in [-0.3, -0.25) is 4.79 Å². The Hall–Kier alpha value is -0.570. The van der Waals surface area contributed by atoms with Crippen LogP contribution in [0.3, 0.4) is 0 Å². The van der Waals surface area contributed by atoms with Crippen LogP contribution in [0.25, 0.3) is 0 Å². The van der Waals surface area contributed by atoms with Crippen LogP contribution in [0, 0.1) is 22.7 Å². The van der Waals surface area contributed by atoms with Crippen LogP contribution in [-0.2, 0) is 14.3 Å². The van der Waals surface area contributed by atoms with Crippen molar-refractivity contribution in [1.29, 1.82) is 0 Å². The van der Waals surface area contributed by atoms with Crippen molar-refractivity contribution in [3.05, 3.63) is 0 Å². The molecule has 3 heteroatoms. The second kappa shape index (κ2) is 4.47. The van der Waals surface area contributed by atoms with Crippen LogP contribution in [-0.4, -0.2) is 25.3 Å². The van der Waals surface area contributed by atoms with Gasteiger partial charge in [0, 0.05) is 12.0 Å². The topological polar surface area (TPSA) is 35.5 Å². The van der Waals surface area contributed by atoms with Gasteiger partial charge in [0.25, 0.3) is 0 Å². The minimum Gasteiger partial charge on any atom is -0.461 e. The van der Waals surface area contributed by atoms with Crippen LogP contribution in [0.4, 0.5) is 0 Å². The van der Waals surface area contributed by atoms with Crippen molar-refractivity contribution < 1.29 is 14.3 Å². The van der Waals surface area contributed by atoms with Gasteiger partial charge < -0.3 is 9.47 Å². The molecule has 0 aromatic heterocycles. The number of fused-ring (bicyclic) bond motifs is 2. The predicted molar refractivity (Wildman–Crippen MR) is 72.7 cm³/mol. The molecule has 0 aromatic rings. The zero-order valence-corrected chi connectivity index (χ0v) is 12.4. The van der Waals surface area contributed by atoms with Crippen molar-refractivity contribution in [2.75, 3.05) is 13.2 Å². The summed E-state index contributed by atoms with van der Waals surface area (Å²) < 4.78 is 11.3. The number of hydrogen-bond donors (Lipinski definition) is 0. The number of carbonyl (C=O) groups is 1. The molecule has 0 aromatic carbocycles. The van der Waals surface area contributed by atoms with Crippen molar-refractivity contribution in [3.8, 4) is 0 Å². The minimum absolute atomic E-state index is 0.0192. The Morgan fingerprint density at radius 2 is 2.05 bits per heavy atom. The third-order valence-electron chi connectivity index (χ3n) is 6.47. The zero-order valence-electron chi connectivity index (χ0n) is 12.4. The molecular formula is C16H26O3. The first-order chi connectivity index (χ1) is 8.95. The number of hydrogen-bond acceptors (Lipinski definition) is 3. The molecule has 1 saturated heterocycles. The molecule has 4 atom stereocenters. The maximum atomic E-state index is 12.3. The van der Waals surface area contributed by atoms with Gasteiger partial charge in [0.15, 0.2) is 0 Å². The third kappa shape index (κ3) is 1.93. The fourth-order valence-electron chi connectivity index (χ4n) is 4.47. The summed E-state index contributed by atoms with van der Waals surface area (Å²) in [4.78, 5) is 12.3. The SMILES string of the molecule is CC1(C)C2CCC1(C)C(OC(=O)C1CCCOC1)C2. The van der Waals surface area contributed by atoms with Crippen molar-refractivity contribution in [1.82, 2.24) is 0 Å². The van der Waals surface area contributed by atoms with Crippen LogP contribution in [0.5, 0.6) is 0 Å². The molecule has 2 aliphatic carbocycles. The van der Waals surface area contributed by atoms with Gasteiger partial charge in [-0.05, 0) is 43.4 Å². The molecule has 2 saturated carbocycles. The van der Waals surface area contributed by atoms with Gasteiger partial charge in [-0.15, -0.1) is 0 Å². The van der Waals surface area contributed by atoms with Crippen molar-refractivity contribution in [3.63, 3.8) is 0 Å². The van der Waals surface area contributed by atoms with E-state index in [1.807, 2.05) is 0 Å². The monoisotopic (exact) mass is 266 g/mol. The molecule has 2 bridgehead atoms. The van der Waals surface area contributed by atoms with Gasteiger partial charge >= 0.3 is 5.97 Å². The number of esters is 1. The minimum atomic E-state index is -0.0282. The average Bonchev–Trinajstić information content (AvgIpc) is 2.73. The second-order valence-electron chi connectivity index (χ2n) is 7.45. The van der Waals surface area contributed by atoms with Crippen LogP contribution >= 0.6 is 0 Å². The lowest BCUT2D eigenvalue weighted by Crippen LogP contribution is -2.40. The molecule has 4 unspecified atom stereocenters. The van der Waals surface area contributed by atoms with Crippen molar-refractivity contribution in [2.24, 2.45) is 22.7 Å². The van der Waals surface area contributed by atoms with Crippen LogP contribution in [0.15, 0.2) is 0 Å². The molecule has 19 heavy (non-hydrogen) atoms. The fraction of sp³-hybridized carbons (Fsp3) is 0.938. The molecule has 0 amide bonds. The second-order valence-corrected chi connectivity index (χ2v) is 7.45. The van der Waals surface area contributed by atoms with E-state index in [2.05, 4.69) is 20.8 Å². The lowest BCUT2D eigenvalue weighted by molar-refractivity contribution is -0.166. The van der Waals surface area contributed by atoms with E-state index in [1.165, 1.54) is 12.8 Å². The highest BCUT2D eigenvalue weighted by molar-refractivity contribution is 5.73. The molecule has 3 fully saturated rings.